The van der Waals surface area contributed by atoms with Crippen LogP contribution in [0.2, 0.25) is 0 Å². The first-order valence-electron chi connectivity index (χ1n) is 9.93. The molecule has 0 saturated carbocycles. The lowest BCUT2D eigenvalue weighted by atomic mass is 10.1. The van der Waals surface area contributed by atoms with Gasteiger partial charge in [-0.3, -0.25) is 9.69 Å². The van der Waals surface area contributed by atoms with Crippen LogP contribution in [0.1, 0.15) is 11.3 Å². The lowest BCUT2D eigenvalue weighted by Crippen LogP contribution is -2.49. The number of hydrogen-bond donors (Lipinski definition) is 0. The molecule has 1 saturated heterocycles. The summed E-state index contributed by atoms with van der Waals surface area (Å²) in [5.41, 5.74) is -0.523. The van der Waals surface area contributed by atoms with Gasteiger partial charge >= 0.3 is 6.18 Å². The third-order valence-corrected chi connectivity index (χ3v) is 7.41. The zero-order chi connectivity index (χ0) is 23.1. The Labute approximate surface area is 182 Å². The average Bonchev–Trinajstić information content (AvgIpc) is 2.77. The maximum absolute atomic E-state index is 13.0. The van der Waals surface area contributed by atoms with Gasteiger partial charge < -0.3 is 0 Å². The first kappa shape index (κ1) is 22.4. The van der Waals surface area contributed by atoms with E-state index in [-0.39, 0.29) is 30.2 Å². The molecule has 0 spiro atoms. The van der Waals surface area contributed by atoms with E-state index in [0.29, 0.717) is 30.2 Å². The Hall–Kier alpha value is -2.76. The van der Waals surface area contributed by atoms with Gasteiger partial charge in [0.1, 0.15) is 0 Å². The van der Waals surface area contributed by atoms with E-state index in [4.69, 9.17) is 0 Å². The van der Waals surface area contributed by atoms with E-state index in [1.54, 1.807) is 12.1 Å². The molecule has 7 nitrogen and oxygen atoms in total. The predicted molar refractivity (Wildman–Crippen MR) is 113 cm³/mol. The van der Waals surface area contributed by atoms with Gasteiger partial charge in [-0.05, 0) is 31.2 Å². The van der Waals surface area contributed by atoms with Crippen molar-refractivity contribution >= 4 is 20.8 Å². The fourth-order valence-electron chi connectivity index (χ4n) is 3.78. The van der Waals surface area contributed by atoms with Crippen molar-refractivity contribution in [3.63, 3.8) is 0 Å². The molecule has 1 fully saturated rings. The van der Waals surface area contributed by atoms with Crippen LogP contribution in [0.15, 0.2) is 58.2 Å². The summed E-state index contributed by atoms with van der Waals surface area (Å²) in [6.45, 7) is 2.84. The summed E-state index contributed by atoms with van der Waals surface area (Å²) >= 11 is 0. The fraction of sp³-hybridized carbons (Fsp3) is 0.333. The Balaban J connectivity index is 1.49. The Morgan fingerprint density at radius 1 is 0.969 bits per heavy atom. The van der Waals surface area contributed by atoms with Crippen molar-refractivity contribution in [2.75, 3.05) is 26.2 Å². The van der Waals surface area contributed by atoms with E-state index >= 15 is 0 Å². The van der Waals surface area contributed by atoms with E-state index in [1.165, 1.54) is 8.99 Å². The van der Waals surface area contributed by atoms with Gasteiger partial charge in [-0.25, -0.2) is 13.1 Å². The highest BCUT2D eigenvalue weighted by molar-refractivity contribution is 7.89. The summed E-state index contributed by atoms with van der Waals surface area (Å²) in [6, 6.07) is 10.9. The number of nitrogens with zero attached hydrogens (tertiary/aromatic N) is 4. The molecular weight excluding hydrogens is 445 g/mol. The molecular formula is C21H21F3N4O3S. The monoisotopic (exact) mass is 466 g/mol. The second kappa shape index (κ2) is 8.30. The van der Waals surface area contributed by atoms with Gasteiger partial charge in [0, 0.05) is 31.6 Å². The number of benzene rings is 2. The predicted octanol–water partition coefficient (Wildman–Crippen LogP) is 2.69. The molecule has 1 aromatic heterocycles. The zero-order valence-corrected chi connectivity index (χ0v) is 18.0. The molecule has 0 unspecified atom stereocenters. The minimum Gasteiger partial charge on any atom is -0.282 e. The molecule has 170 valence electrons. The topological polar surface area (TPSA) is 75.5 Å². The lowest BCUT2D eigenvalue weighted by Gasteiger charge is -2.34. The molecule has 11 heteroatoms. The van der Waals surface area contributed by atoms with Gasteiger partial charge in [0.2, 0.25) is 10.0 Å². The summed E-state index contributed by atoms with van der Waals surface area (Å²) in [6.07, 6.45) is -4.62. The van der Waals surface area contributed by atoms with Gasteiger partial charge in [0.25, 0.3) is 5.56 Å². The number of alkyl halides is 3. The lowest BCUT2D eigenvalue weighted by molar-refractivity contribution is -0.137. The molecule has 0 atom stereocenters. The Morgan fingerprint density at radius 2 is 1.62 bits per heavy atom. The van der Waals surface area contributed by atoms with Gasteiger partial charge in [-0.2, -0.15) is 22.6 Å². The molecule has 4 rings (SSSR count). The summed E-state index contributed by atoms with van der Waals surface area (Å²) < 4.78 is 67.1. The van der Waals surface area contributed by atoms with Crippen LogP contribution >= 0.6 is 0 Å². The number of fused-ring (bicyclic) bond motifs is 1. The Morgan fingerprint density at radius 3 is 2.28 bits per heavy atom. The first-order valence-corrected chi connectivity index (χ1v) is 11.4. The SMILES string of the molecule is Cc1nn(CN2CCN(S(=O)(=O)c3cccc(C(F)(F)F)c3)CC2)c(=O)c2ccccc12. The maximum Gasteiger partial charge on any atom is 0.416 e. The van der Waals surface area contributed by atoms with E-state index in [1.807, 2.05) is 24.0 Å². The number of hydrogen-bond acceptors (Lipinski definition) is 5. The van der Waals surface area contributed by atoms with E-state index in [2.05, 4.69) is 5.10 Å². The van der Waals surface area contributed by atoms with Crippen LogP contribution in [0.25, 0.3) is 10.8 Å². The van der Waals surface area contributed by atoms with E-state index < -0.39 is 21.8 Å². The van der Waals surface area contributed by atoms with E-state index in [9.17, 15) is 26.4 Å². The van der Waals surface area contributed by atoms with Gasteiger partial charge in [-0.15, -0.1) is 0 Å². The van der Waals surface area contributed by atoms with Gasteiger partial charge in [0.15, 0.2) is 0 Å². The van der Waals surface area contributed by atoms with Crippen molar-refractivity contribution in [3.05, 3.63) is 70.1 Å². The minimum absolute atomic E-state index is 0.0971. The third-order valence-electron chi connectivity index (χ3n) is 5.52. The number of aryl methyl sites for hydroxylation is 1. The highest BCUT2D eigenvalue weighted by Crippen LogP contribution is 2.31. The van der Waals surface area contributed by atoms with Crippen LogP contribution in [0, 0.1) is 6.92 Å². The van der Waals surface area contributed by atoms with Gasteiger partial charge in [0.05, 0.1) is 28.2 Å². The molecule has 0 amide bonds. The molecule has 0 radical (unpaired) electrons. The van der Waals surface area contributed by atoms with Crippen molar-refractivity contribution < 1.29 is 21.6 Å². The van der Waals surface area contributed by atoms with E-state index in [0.717, 1.165) is 23.6 Å². The van der Waals surface area contributed by atoms with Crippen molar-refractivity contribution in [3.8, 4) is 0 Å². The number of aromatic nitrogens is 2. The number of sulfonamides is 1. The summed E-state index contributed by atoms with van der Waals surface area (Å²) in [7, 11) is -4.06. The highest BCUT2D eigenvalue weighted by Gasteiger charge is 2.34. The molecule has 2 heterocycles. The largest absolute Gasteiger partial charge is 0.416 e. The summed E-state index contributed by atoms with van der Waals surface area (Å²) in [4.78, 5) is 14.3. The van der Waals surface area contributed by atoms with Crippen molar-refractivity contribution in [2.24, 2.45) is 0 Å². The number of piperazine rings is 1. The number of rotatable bonds is 4. The summed E-state index contributed by atoms with van der Waals surface area (Å²) in [5.74, 6) is 0. The van der Waals surface area contributed by atoms with Crippen molar-refractivity contribution in [1.29, 1.82) is 0 Å². The van der Waals surface area contributed by atoms with Crippen molar-refractivity contribution in [1.82, 2.24) is 19.0 Å². The second-order valence-electron chi connectivity index (χ2n) is 7.62. The van der Waals surface area contributed by atoms with Crippen LogP contribution in [0.4, 0.5) is 13.2 Å². The second-order valence-corrected chi connectivity index (χ2v) is 9.56. The zero-order valence-electron chi connectivity index (χ0n) is 17.2. The minimum atomic E-state index is -4.62. The quantitative estimate of drug-likeness (QED) is 0.591. The smallest absolute Gasteiger partial charge is 0.282 e. The normalized spacial score (nSPS) is 16.5. The fourth-order valence-corrected chi connectivity index (χ4v) is 5.25. The molecule has 1 aliphatic heterocycles. The Bertz CT molecular complexity index is 1310. The van der Waals surface area contributed by atoms with Crippen LogP contribution in [0.5, 0.6) is 0 Å². The first-order chi connectivity index (χ1) is 15.1. The summed E-state index contributed by atoms with van der Waals surface area (Å²) in [5, 5.41) is 5.71. The van der Waals surface area contributed by atoms with Crippen molar-refractivity contribution in [2.45, 2.75) is 24.7 Å². The Kier molecular flexibility index (Phi) is 5.82. The maximum atomic E-state index is 13.0. The third kappa shape index (κ3) is 4.27. The molecule has 0 bridgehead atoms. The average molecular weight is 466 g/mol. The molecule has 3 aromatic rings. The molecule has 32 heavy (non-hydrogen) atoms. The standard InChI is InChI=1S/C21H21F3N4O3S/c1-15-18-7-2-3-8-19(18)20(29)28(25-15)14-26-9-11-27(12-10-26)32(30,31)17-6-4-5-16(13-17)21(22,23)24/h2-8,13H,9-12,14H2,1H3. The molecule has 2 aromatic carbocycles. The van der Waals surface area contributed by atoms with Crippen LogP contribution in [-0.2, 0) is 22.9 Å². The molecule has 1 aliphatic rings. The molecule has 0 aliphatic carbocycles. The van der Waals surface area contributed by atoms with Crippen LogP contribution < -0.4 is 5.56 Å². The van der Waals surface area contributed by atoms with Crippen LogP contribution in [0.3, 0.4) is 0 Å². The number of halogens is 3. The molecule has 0 N–H and O–H groups in total. The van der Waals surface area contributed by atoms with Crippen LogP contribution in [-0.4, -0.2) is 53.6 Å². The highest BCUT2D eigenvalue weighted by atomic mass is 32.2. The van der Waals surface area contributed by atoms with Gasteiger partial charge in [-0.1, -0.05) is 24.3 Å².